The normalized spacial score (nSPS) is 1.20. The first kappa shape index (κ1) is 31.1. The molecule has 0 rings (SSSR count). The van der Waals surface area contributed by atoms with E-state index in [1.54, 1.807) is 0 Å². The average Bonchev–Trinajstić information content (AvgIpc) is 1.00. The fourth-order valence-electron chi connectivity index (χ4n) is 0. The summed E-state index contributed by atoms with van der Waals surface area (Å²) in [6.45, 7) is 0. The van der Waals surface area contributed by atoms with Crippen molar-refractivity contribution in [1.82, 2.24) is 0 Å². The van der Waals surface area contributed by atoms with Crippen LogP contribution in [-0.2, 0) is 33.8 Å². The van der Waals surface area contributed by atoms with Crippen LogP contribution in [0, 0.1) is 0 Å². The molecule has 0 fully saturated rings. The average molecular weight is 156 g/mol. The Hall–Kier alpha value is 1.54. The van der Waals surface area contributed by atoms with Gasteiger partial charge in [-0.25, -0.2) is 0 Å². The van der Waals surface area contributed by atoms with Crippen molar-refractivity contribution in [2.75, 3.05) is 0 Å². The van der Waals surface area contributed by atoms with Gasteiger partial charge < -0.3 is 1.43 Å². The zero-order valence-corrected chi connectivity index (χ0v) is 4.83. The van der Waals surface area contributed by atoms with Gasteiger partial charge in [-0.3, -0.25) is 10.5 Å². The molecule has 0 spiro atoms. The molecule has 0 unspecified atom stereocenters. The standard InChI is InChI=1S/Co.Li.Mn.H2O2.H/c;;;1-2;/h;;;1-2H;/q;+1;;;-1. The Morgan fingerprint density at radius 1 is 1.20 bits per heavy atom. The zero-order chi connectivity index (χ0) is 2.00. The fourth-order valence-corrected chi connectivity index (χ4v) is 0. The van der Waals surface area contributed by atoms with Crippen molar-refractivity contribution >= 4 is 0 Å². The number of rotatable bonds is 0. The molecule has 0 aromatic rings. The summed E-state index contributed by atoms with van der Waals surface area (Å²) in [4.78, 5) is 0. The molecular formula is H3CoLiMnO2. The van der Waals surface area contributed by atoms with Crippen LogP contribution in [0.25, 0.3) is 0 Å². The van der Waals surface area contributed by atoms with Gasteiger partial charge in [-0.2, -0.15) is 0 Å². The second-order valence-electron chi connectivity index (χ2n) is 0. The largest absolute Gasteiger partial charge is 1.00 e. The summed E-state index contributed by atoms with van der Waals surface area (Å²) in [5.74, 6) is 0. The van der Waals surface area contributed by atoms with E-state index in [1.165, 1.54) is 0 Å². The van der Waals surface area contributed by atoms with Gasteiger partial charge in [0.2, 0.25) is 0 Å². The van der Waals surface area contributed by atoms with Crippen molar-refractivity contribution in [1.29, 1.82) is 0 Å². The van der Waals surface area contributed by atoms with E-state index in [4.69, 9.17) is 10.5 Å². The molecule has 0 aliphatic heterocycles. The molecular weight excluding hydrogens is 153 g/mol. The van der Waals surface area contributed by atoms with E-state index in [0.29, 0.717) is 0 Å². The minimum Gasteiger partial charge on any atom is -1.00 e. The van der Waals surface area contributed by atoms with E-state index >= 15 is 0 Å². The van der Waals surface area contributed by atoms with Crippen LogP contribution in [0.15, 0.2) is 0 Å². The van der Waals surface area contributed by atoms with E-state index in [0.717, 1.165) is 0 Å². The Labute approximate surface area is 64.6 Å². The molecule has 0 aromatic heterocycles. The van der Waals surface area contributed by atoms with Gasteiger partial charge in [0.05, 0.1) is 0 Å². The predicted octanol–water partition coefficient (Wildman–Crippen LogP) is -2.87. The van der Waals surface area contributed by atoms with Crippen molar-refractivity contribution in [3.05, 3.63) is 0 Å². The minimum atomic E-state index is 0. The van der Waals surface area contributed by atoms with Gasteiger partial charge in [0.1, 0.15) is 0 Å². The molecule has 2 nitrogen and oxygen atoms in total. The molecule has 0 atom stereocenters. The van der Waals surface area contributed by atoms with Crippen LogP contribution < -0.4 is 18.9 Å². The molecule has 0 saturated carbocycles. The molecule has 0 saturated heterocycles. The Morgan fingerprint density at radius 2 is 1.20 bits per heavy atom. The van der Waals surface area contributed by atoms with Gasteiger partial charge in [-0.05, 0) is 0 Å². The van der Waals surface area contributed by atoms with Gasteiger partial charge in [-0.15, -0.1) is 0 Å². The third-order valence-electron chi connectivity index (χ3n) is 0. The van der Waals surface area contributed by atoms with Crippen molar-refractivity contribution in [2.45, 2.75) is 0 Å². The third-order valence-corrected chi connectivity index (χ3v) is 0. The monoisotopic (exact) mass is 156 g/mol. The van der Waals surface area contributed by atoms with Crippen LogP contribution in [0.4, 0.5) is 0 Å². The van der Waals surface area contributed by atoms with E-state index in [2.05, 4.69) is 0 Å². The van der Waals surface area contributed by atoms with Gasteiger partial charge >= 0.3 is 18.9 Å². The summed E-state index contributed by atoms with van der Waals surface area (Å²) in [7, 11) is 0. The smallest absolute Gasteiger partial charge is 1.00 e. The summed E-state index contributed by atoms with van der Waals surface area (Å²) < 4.78 is 0. The third kappa shape index (κ3) is 29.2. The second kappa shape index (κ2) is 48.0. The molecule has 2 radical (unpaired) electrons. The van der Waals surface area contributed by atoms with Crippen LogP contribution in [0.1, 0.15) is 1.43 Å². The minimum absolute atomic E-state index is 0. The maximum absolute atomic E-state index is 6.00. The molecule has 0 amide bonds. The first-order valence-corrected chi connectivity index (χ1v) is 0.200. The van der Waals surface area contributed by atoms with Crippen molar-refractivity contribution in [3.8, 4) is 0 Å². The van der Waals surface area contributed by atoms with Crippen LogP contribution in [0.5, 0.6) is 0 Å². The van der Waals surface area contributed by atoms with E-state index in [9.17, 15) is 0 Å². The summed E-state index contributed by atoms with van der Waals surface area (Å²) >= 11 is 0. The van der Waals surface area contributed by atoms with Crippen LogP contribution >= 0.6 is 0 Å². The van der Waals surface area contributed by atoms with Crippen LogP contribution in [-0.4, -0.2) is 10.5 Å². The summed E-state index contributed by atoms with van der Waals surface area (Å²) in [5, 5.41) is 12.0. The van der Waals surface area contributed by atoms with Crippen LogP contribution in [0.2, 0.25) is 0 Å². The SMILES string of the molecule is OO.[Co].[H-].[Li+].[Mn]. The van der Waals surface area contributed by atoms with Gasteiger partial charge in [0.15, 0.2) is 0 Å². The van der Waals surface area contributed by atoms with Crippen molar-refractivity contribution < 1.29 is 64.6 Å². The first-order chi connectivity index (χ1) is 1.00. The summed E-state index contributed by atoms with van der Waals surface area (Å²) in [6, 6.07) is 0. The Morgan fingerprint density at radius 3 is 1.20 bits per heavy atom. The second-order valence-corrected chi connectivity index (χ2v) is 0. The number of hydrogen-bond acceptors (Lipinski definition) is 2. The summed E-state index contributed by atoms with van der Waals surface area (Å²) in [5.41, 5.74) is 0. The molecule has 0 bridgehead atoms. The molecule has 0 aliphatic rings. The maximum Gasteiger partial charge on any atom is 1.00 e. The Kier molecular flexibility index (Phi) is 299. The molecule has 5 heteroatoms. The van der Waals surface area contributed by atoms with Gasteiger partial charge in [0, 0.05) is 33.8 Å². The molecule has 0 aromatic carbocycles. The Balaban J connectivity index is -0.000000000833. The fraction of sp³-hybridized carbons (Fsp3) is 0. The van der Waals surface area contributed by atoms with Crippen LogP contribution in [0.3, 0.4) is 0 Å². The molecule has 32 valence electrons. The molecule has 5 heavy (non-hydrogen) atoms. The summed E-state index contributed by atoms with van der Waals surface area (Å²) in [6.07, 6.45) is 0. The van der Waals surface area contributed by atoms with E-state index in [-0.39, 0.29) is 54.1 Å². The Bertz CT molecular complexity index is 13.5. The maximum atomic E-state index is 6.00. The predicted molar refractivity (Wildman–Crippen MR) is 6.37 cm³/mol. The van der Waals surface area contributed by atoms with E-state index < -0.39 is 0 Å². The number of hydrogen-bond donors (Lipinski definition) is 2. The molecule has 0 aliphatic carbocycles. The van der Waals surface area contributed by atoms with E-state index in [1.807, 2.05) is 0 Å². The van der Waals surface area contributed by atoms with Gasteiger partial charge in [0.25, 0.3) is 0 Å². The molecule has 0 heterocycles. The van der Waals surface area contributed by atoms with Gasteiger partial charge in [-0.1, -0.05) is 0 Å². The quantitative estimate of drug-likeness (QED) is 0.225. The molecule has 2 N–H and O–H groups in total. The topological polar surface area (TPSA) is 40.5 Å². The first-order valence-electron chi connectivity index (χ1n) is 0.200. The van der Waals surface area contributed by atoms with Crippen molar-refractivity contribution in [2.24, 2.45) is 0 Å². The van der Waals surface area contributed by atoms with Crippen molar-refractivity contribution in [3.63, 3.8) is 0 Å². The zero-order valence-electron chi connectivity index (χ0n) is 3.61.